The molecule has 1 aromatic carbocycles. The normalized spacial score (nSPS) is 10.6. The Hall–Kier alpha value is -2.04. The van der Waals surface area contributed by atoms with Crippen molar-refractivity contribution < 1.29 is 14.1 Å². The summed E-state index contributed by atoms with van der Waals surface area (Å²) in [5, 5.41) is 11.2. The summed E-state index contributed by atoms with van der Waals surface area (Å²) in [6.07, 6.45) is 2.06. The minimum absolute atomic E-state index is 0.245. The minimum atomic E-state index is -0.544. The lowest BCUT2D eigenvalue weighted by Gasteiger charge is -2.04. The molecule has 0 amide bonds. The molecule has 0 bridgehead atoms. The van der Waals surface area contributed by atoms with Crippen LogP contribution in [0.1, 0.15) is 19.8 Å². The Morgan fingerprint density at radius 1 is 1.41 bits per heavy atom. The van der Waals surface area contributed by atoms with Crippen molar-refractivity contribution in [2.75, 3.05) is 6.61 Å². The van der Waals surface area contributed by atoms with Crippen LogP contribution in [0.4, 0.5) is 5.88 Å². The van der Waals surface area contributed by atoms with Crippen LogP contribution in [0.3, 0.4) is 0 Å². The first-order chi connectivity index (χ1) is 8.20. The Bertz CT molecular complexity index is 532. The molecule has 0 unspecified atom stereocenters. The van der Waals surface area contributed by atoms with E-state index in [9.17, 15) is 10.1 Å². The van der Waals surface area contributed by atoms with Crippen molar-refractivity contribution in [3.8, 4) is 5.75 Å². The van der Waals surface area contributed by atoms with Crippen molar-refractivity contribution in [2.45, 2.75) is 19.8 Å². The molecular formula is C12H13NO4. The maximum atomic E-state index is 10.5. The first-order valence-electron chi connectivity index (χ1n) is 5.51. The van der Waals surface area contributed by atoms with E-state index < -0.39 is 4.92 Å². The summed E-state index contributed by atoms with van der Waals surface area (Å²) in [6.45, 7) is 2.74. The van der Waals surface area contributed by atoms with Gasteiger partial charge in [-0.3, -0.25) is 10.1 Å². The summed E-state index contributed by atoms with van der Waals surface area (Å²) in [4.78, 5) is 10.0. The molecule has 0 saturated carbocycles. The fourth-order valence-corrected chi connectivity index (χ4v) is 1.52. The van der Waals surface area contributed by atoms with Crippen molar-refractivity contribution >= 4 is 16.9 Å². The lowest BCUT2D eigenvalue weighted by Crippen LogP contribution is -1.95. The number of furan rings is 1. The Balaban J connectivity index is 2.21. The molecule has 5 heteroatoms. The quantitative estimate of drug-likeness (QED) is 0.451. The molecule has 1 heterocycles. The van der Waals surface area contributed by atoms with Gasteiger partial charge in [-0.05, 0) is 24.6 Å². The number of hydrogen-bond donors (Lipinski definition) is 0. The maximum absolute atomic E-state index is 10.5. The molecule has 0 N–H and O–H groups in total. The van der Waals surface area contributed by atoms with E-state index in [0.29, 0.717) is 23.3 Å². The van der Waals surface area contributed by atoms with E-state index in [4.69, 9.17) is 9.15 Å². The Kier molecular flexibility index (Phi) is 3.27. The van der Waals surface area contributed by atoms with Crippen molar-refractivity contribution in [1.82, 2.24) is 0 Å². The van der Waals surface area contributed by atoms with Crippen LogP contribution in [0.5, 0.6) is 5.75 Å². The fourth-order valence-electron chi connectivity index (χ4n) is 1.52. The first kappa shape index (κ1) is 11.4. The molecule has 0 saturated heterocycles. The number of hydrogen-bond acceptors (Lipinski definition) is 4. The maximum Gasteiger partial charge on any atom is 0.434 e. The highest BCUT2D eigenvalue weighted by molar-refractivity contribution is 5.81. The van der Waals surface area contributed by atoms with Gasteiger partial charge in [0.15, 0.2) is 0 Å². The average Bonchev–Trinajstić information content (AvgIpc) is 2.72. The second kappa shape index (κ2) is 4.86. The van der Waals surface area contributed by atoms with E-state index >= 15 is 0 Å². The second-order valence-corrected chi connectivity index (χ2v) is 3.74. The molecule has 2 rings (SSSR count). The molecule has 5 nitrogen and oxygen atoms in total. The molecule has 2 aromatic rings. The molecule has 17 heavy (non-hydrogen) atoms. The zero-order valence-electron chi connectivity index (χ0n) is 9.51. The highest BCUT2D eigenvalue weighted by Crippen LogP contribution is 2.27. The predicted molar refractivity (Wildman–Crippen MR) is 63.3 cm³/mol. The average molecular weight is 235 g/mol. The monoisotopic (exact) mass is 235 g/mol. The van der Waals surface area contributed by atoms with Crippen molar-refractivity contribution in [3.63, 3.8) is 0 Å². The molecule has 0 aliphatic carbocycles. The number of nitrogens with zero attached hydrogens (tertiary/aromatic N) is 1. The van der Waals surface area contributed by atoms with Gasteiger partial charge in [0.1, 0.15) is 16.3 Å². The van der Waals surface area contributed by atoms with E-state index in [1.54, 1.807) is 18.2 Å². The smallest absolute Gasteiger partial charge is 0.434 e. The standard InChI is InChI=1S/C12H13NO4/c1-2-3-6-16-10-4-5-11-9(7-10)8-12(17-11)13(14)15/h4-5,7-8H,2-3,6H2,1H3. The summed E-state index contributed by atoms with van der Waals surface area (Å²) in [6, 6.07) is 6.60. The fraction of sp³-hybridized carbons (Fsp3) is 0.333. The first-order valence-corrected chi connectivity index (χ1v) is 5.51. The Labute approximate surface area is 98.1 Å². The van der Waals surface area contributed by atoms with Crippen molar-refractivity contribution in [2.24, 2.45) is 0 Å². The number of unbranched alkanes of at least 4 members (excludes halogenated alkanes) is 1. The van der Waals surface area contributed by atoms with Gasteiger partial charge in [0, 0.05) is 5.39 Å². The van der Waals surface area contributed by atoms with E-state index in [1.165, 1.54) is 6.07 Å². The molecule has 0 spiro atoms. The van der Waals surface area contributed by atoms with Crippen LogP contribution in [0.2, 0.25) is 0 Å². The predicted octanol–water partition coefficient (Wildman–Crippen LogP) is 3.52. The largest absolute Gasteiger partial charge is 0.494 e. The summed E-state index contributed by atoms with van der Waals surface area (Å²) in [5.74, 6) is 0.465. The molecule has 0 radical (unpaired) electrons. The Morgan fingerprint density at radius 2 is 2.24 bits per heavy atom. The molecule has 90 valence electrons. The number of fused-ring (bicyclic) bond motifs is 1. The second-order valence-electron chi connectivity index (χ2n) is 3.74. The molecule has 0 aliphatic heterocycles. The zero-order valence-corrected chi connectivity index (χ0v) is 9.51. The molecule has 0 fully saturated rings. The highest BCUT2D eigenvalue weighted by atomic mass is 16.6. The Morgan fingerprint density at radius 3 is 2.94 bits per heavy atom. The van der Waals surface area contributed by atoms with Gasteiger partial charge in [0.05, 0.1) is 12.7 Å². The number of nitro groups is 1. The van der Waals surface area contributed by atoms with Gasteiger partial charge in [-0.2, -0.15) is 0 Å². The summed E-state index contributed by atoms with van der Waals surface area (Å²) >= 11 is 0. The van der Waals surface area contributed by atoms with E-state index in [1.807, 2.05) is 0 Å². The van der Waals surface area contributed by atoms with Crippen LogP contribution in [-0.2, 0) is 0 Å². The van der Waals surface area contributed by atoms with Gasteiger partial charge in [0.25, 0.3) is 0 Å². The minimum Gasteiger partial charge on any atom is -0.494 e. The molecule has 0 atom stereocenters. The van der Waals surface area contributed by atoms with E-state index in [0.717, 1.165) is 12.8 Å². The SMILES string of the molecule is CCCCOc1ccc2oc([N+](=O)[O-])cc2c1. The van der Waals surface area contributed by atoms with Gasteiger partial charge >= 0.3 is 5.88 Å². The lowest BCUT2D eigenvalue weighted by molar-refractivity contribution is -0.401. The third-order valence-corrected chi connectivity index (χ3v) is 2.42. The summed E-state index contributed by atoms with van der Waals surface area (Å²) in [5.41, 5.74) is 0.500. The topological polar surface area (TPSA) is 65.5 Å². The molecule has 1 aromatic heterocycles. The lowest BCUT2D eigenvalue weighted by atomic mass is 10.2. The number of benzene rings is 1. The van der Waals surface area contributed by atoms with Crippen LogP contribution in [0.15, 0.2) is 28.7 Å². The molecule has 0 aliphatic rings. The third-order valence-electron chi connectivity index (χ3n) is 2.42. The third kappa shape index (κ3) is 2.55. The van der Waals surface area contributed by atoms with Crippen molar-refractivity contribution in [1.29, 1.82) is 0 Å². The number of ether oxygens (including phenoxy) is 1. The van der Waals surface area contributed by atoms with Gasteiger partial charge in [0.2, 0.25) is 0 Å². The van der Waals surface area contributed by atoms with Crippen LogP contribution in [-0.4, -0.2) is 11.5 Å². The van der Waals surface area contributed by atoms with Crippen molar-refractivity contribution in [3.05, 3.63) is 34.4 Å². The van der Waals surface area contributed by atoms with Crippen LogP contribution in [0, 0.1) is 10.1 Å². The van der Waals surface area contributed by atoms with Gasteiger partial charge in [-0.1, -0.05) is 13.3 Å². The summed E-state index contributed by atoms with van der Waals surface area (Å²) in [7, 11) is 0. The summed E-state index contributed by atoms with van der Waals surface area (Å²) < 4.78 is 10.6. The molecular weight excluding hydrogens is 222 g/mol. The van der Waals surface area contributed by atoms with Gasteiger partial charge in [-0.15, -0.1) is 0 Å². The van der Waals surface area contributed by atoms with Crippen LogP contribution < -0.4 is 4.74 Å². The van der Waals surface area contributed by atoms with E-state index in [2.05, 4.69) is 6.92 Å². The van der Waals surface area contributed by atoms with E-state index in [-0.39, 0.29) is 5.88 Å². The van der Waals surface area contributed by atoms with Gasteiger partial charge in [-0.25, -0.2) is 0 Å². The van der Waals surface area contributed by atoms with Crippen LogP contribution in [0.25, 0.3) is 11.0 Å². The van der Waals surface area contributed by atoms with Gasteiger partial charge < -0.3 is 9.15 Å². The number of rotatable bonds is 5. The highest BCUT2D eigenvalue weighted by Gasteiger charge is 2.13. The zero-order chi connectivity index (χ0) is 12.3. The van der Waals surface area contributed by atoms with Crippen LogP contribution >= 0.6 is 0 Å².